The van der Waals surface area contributed by atoms with Gasteiger partial charge in [0, 0.05) is 0 Å². The van der Waals surface area contributed by atoms with E-state index in [2.05, 4.69) is 41.5 Å². The Balaban J connectivity index is 2.15. The molecule has 2 aromatic rings. The Labute approximate surface area is 108 Å². The first-order chi connectivity index (χ1) is 7.79. The summed E-state index contributed by atoms with van der Waals surface area (Å²) in [4.78, 5) is 0. The molecular weight excluding hydrogens is 256 g/mol. The van der Waals surface area contributed by atoms with Gasteiger partial charge in [-0.15, -0.1) is 29.4 Å². The first-order valence-corrected chi connectivity index (χ1v) is 6.80. The highest BCUT2D eigenvalue weighted by molar-refractivity contribution is 8.01. The molecule has 2 rings (SSSR count). The second kappa shape index (κ2) is 5.52. The maximum Gasteiger partial charge on any atom is 0.176 e. The van der Waals surface area contributed by atoms with Crippen molar-refractivity contribution in [2.24, 2.45) is 0 Å². The molecule has 5 heteroatoms. The van der Waals surface area contributed by atoms with Crippen LogP contribution in [-0.4, -0.2) is 10.2 Å². The van der Waals surface area contributed by atoms with Gasteiger partial charge in [-0.25, -0.2) is 0 Å². The molecule has 1 heterocycles. The number of benzene rings is 1. The zero-order chi connectivity index (χ0) is 11.4. The molecule has 2 nitrogen and oxygen atoms in total. The summed E-state index contributed by atoms with van der Waals surface area (Å²) < 4.78 is 1.61. The fourth-order valence-corrected chi connectivity index (χ4v) is 3.50. The number of thiol groups is 1. The van der Waals surface area contributed by atoms with Crippen LogP contribution in [0.4, 0.5) is 0 Å². The zero-order valence-corrected chi connectivity index (χ0v) is 10.9. The van der Waals surface area contributed by atoms with Gasteiger partial charge < -0.3 is 0 Å². The first-order valence-electron chi connectivity index (χ1n) is 4.66. The lowest BCUT2D eigenvalue weighted by Gasteiger charge is -2.09. The highest BCUT2D eigenvalue weighted by atomic mass is 32.2. The molecule has 0 aliphatic heterocycles. The van der Waals surface area contributed by atoms with Gasteiger partial charge >= 0.3 is 0 Å². The van der Waals surface area contributed by atoms with Crippen LogP contribution in [0.3, 0.4) is 0 Å². The van der Waals surface area contributed by atoms with E-state index in [1.807, 2.05) is 24.3 Å². The second-order valence-electron chi connectivity index (χ2n) is 3.04. The number of hydrogen-bond acceptors (Lipinski definition) is 5. The van der Waals surface area contributed by atoms with Crippen LogP contribution in [-0.2, 0) is 0 Å². The molecule has 0 bridgehead atoms. The molecule has 0 spiro atoms. The highest BCUT2D eigenvalue weighted by Crippen LogP contribution is 2.37. The number of thioether (sulfide) groups is 1. The topological polar surface area (TPSA) is 25.8 Å². The Morgan fingerprint density at radius 1 is 1.31 bits per heavy atom. The van der Waals surface area contributed by atoms with Gasteiger partial charge in [-0.05, 0) is 5.56 Å². The number of rotatable bonds is 4. The lowest BCUT2D eigenvalue weighted by atomic mass is 10.1. The average molecular weight is 266 g/mol. The van der Waals surface area contributed by atoms with E-state index in [9.17, 15) is 0 Å². The standard InChI is InChI=1S/C11H10N2S3/c1-2-9(8-6-4-3-5-7-8)15-11-13-12-10(14)16-11/h2-7,9H,1H2,(H,12,14). The molecule has 0 aliphatic rings. The molecule has 1 atom stereocenters. The van der Waals surface area contributed by atoms with Crippen LogP contribution in [0.1, 0.15) is 10.8 Å². The van der Waals surface area contributed by atoms with Crippen molar-refractivity contribution in [2.45, 2.75) is 13.9 Å². The van der Waals surface area contributed by atoms with Gasteiger partial charge in [-0.3, -0.25) is 0 Å². The number of hydrogen-bond donors (Lipinski definition) is 1. The normalized spacial score (nSPS) is 12.3. The SMILES string of the molecule is C=CC(Sc1nnc(S)s1)c1ccccc1. The van der Waals surface area contributed by atoms with Crippen molar-refractivity contribution in [2.75, 3.05) is 0 Å². The Morgan fingerprint density at radius 3 is 2.62 bits per heavy atom. The second-order valence-corrected chi connectivity index (χ2v) is 6.13. The molecule has 1 unspecified atom stereocenters. The van der Waals surface area contributed by atoms with Crippen molar-refractivity contribution in [3.05, 3.63) is 48.6 Å². The van der Waals surface area contributed by atoms with Crippen molar-refractivity contribution in [1.82, 2.24) is 10.2 Å². The molecule has 82 valence electrons. The molecule has 0 fully saturated rings. The van der Waals surface area contributed by atoms with Crippen LogP contribution >= 0.6 is 35.7 Å². The summed E-state index contributed by atoms with van der Waals surface area (Å²) in [7, 11) is 0. The molecule has 16 heavy (non-hydrogen) atoms. The third kappa shape index (κ3) is 2.87. The van der Waals surface area contributed by atoms with Gasteiger partial charge in [0.05, 0.1) is 5.25 Å². The van der Waals surface area contributed by atoms with E-state index < -0.39 is 0 Å². The van der Waals surface area contributed by atoms with E-state index in [-0.39, 0.29) is 5.25 Å². The molecule has 0 N–H and O–H groups in total. The summed E-state index contributed by atoms with van der Waals surface area (Å²) in [6, 6.07) is 10.2. The van der Waals surface area contributed by atoms with Crippen LogP contribution in [0.5, 0.6) is 0 Å². The monoisotopic (exact) mass is 266 g/mol. The summed E-state index contributed by atoms with van der Waals surface area (Å²) in [5.74, 6) is 0. The summed E-state index contributed by atoms with van der Waals surface area (Å²) >= 11 is 7.27. The predicted molar refractivity (Wildman–Crippen MR) is 72.4 cm³/mol. The van der Waals surface area contributed by atoms with E-state index >= 15 is 0 Å². The van der Waals surface area contributed by atoms with Crippen molar-refractivity contribution >= 4 is 35.7 Å². The van der Waals surface area contributed by atoms with Crippen LogP contribution in [0.25, 0.3) is 0 Å². The van der Waals surface area contributed by atoms with Crippen LogP contribution in [0.2, 0.25) is 0 Å². The Kier molecular flexibility index (Phi) is 4.04. The smallest absolute Gasteiger partial charge is 0.131 e. The minimum Gasteiger partial charge on any atom is -0.131 e. The molecule has 1 aromatic carbocycles. The molecule has 0 radical (unpaired) electrons. The largest absolute Gasteiger partial charge is 0.176 e. The van der Waals surface area contributed by atoms with Gasteiger partial charge in [0.25, 0.3) is 0 Å². The minimum absolute atomic E-state index is 0.210. The van der Waals surface area contributed by atoms with Gasteiger partial charge in [0.2, 0.25) is 0 Å². The van der Waals surface area contributed by atoms with Crippen molar-refractivity contribution < 1.29 is 0 Å². The van der Waals surface area contributed by atoms with Crippen molar-refractivity contribution in [1.29, 1.82) is 0 Å². The predicted octanol–water partition coefficient (Wildman–Crippen LogP) is 3.85. The summed E-state index contributed by atoms with van der Waals surface area (Å²) in [6.07, 6.45) is 1.92. The average Bonchev–Trinajstić information content (AvgIpc) is 2.73. The van der Waals surface area contributed by atoms with E-state index in [0.717, 1.165) is 4.34 Å². The molecule has 0 saturated carbocycles. The Hall–Kier alpha value is -0.780. The lowest BCUT2D eigenvalue weighted by Crippen LogP contribution is -1.88. The molecule has 0 saturated heterocycles. The fraction of sp³-hybridized carbons (Fsp3) is 0.0909. The van der Waals surface area contributed by atoms with Crippen LogP contribution in [0.15, 0.2) is 51.7 Å². The lowest BCUT2D eigenvalue weighted by molar-refractivity contribution is 0.955. The van der Waals surface area contributed by atoms with Gasteiger partial charge in [0.1, 0.15) is 0 Å². The minimum atomic E-state index is 0.210. The van der Waals surface area contributed by atoms with Crippen LogP contribution < -0.4 is 0 Å². The van der Waals surface area contributed by atoms with E-state index in [4.69, 9.17) is 0 Å². The maximum atomic E-state index is 4.15. The van der Waals surface area contributed by atoms with Gasteiger partial charge in [0.15, 0.2) is 8.68 Å². The highest BCUT2D eigenvalue weighted by Gasteiger charge is 2.11. The van der Waals surface area contributed by atoms with E-state index in [1.54, 1.807) is 11.8 Å². The third-order valence-corrected chi connectivity index (χ3v) is 4.39. The van der Waals surface area contributed by atoms with Crippen molar-refractivity contribution in [3.8, 4) is 0 Å². The number of nitrogens with zero attached hydrogens (tertiary/aromatic N) is 2. The zero-order valence-electron chi connectivity index (χ0n) is 8.41. The van der Waals surface area contributed by atoms with Gasteiger partial charge in [-0.1, -0.05) is 59.5 Å². The summed E-state index contributed by atoms with van der Waals surface area (Å²) in [6.45, 7) is 3.86. The molecule has 1 aromatic heterocycles. The first kappa shape index (κ1) is 11.7. The molecule has 0 amide bonds. The van der Waals surface area contributed by atoms with E-state index in [1.165, 1.54) is 16.9 Å². The third-order valence-electron chi connectivity index (χ3n) is 1.97. The Morgan fingerprint density at radius 2 is 2.06 bits per heavy atom. The van der Waals surface area contributed by atoms with Crippen molar-refractivity contribution in [3.63, 3.8) is 0 Å². The summed E-state index contributed by atoms with van der Waals surface area (Å²) in [5.41, 5.74) is 1.22. The maximum absolute atomic E-state index is 4.15. The quantitative estimate of drug-likeness (QED) is 0.517. The summed E-state index contributed by atoms with van der Waals surface area (Å²) in [5, 5.41) is 8.12. The Bertz CT molecular complexity index is 467. The van der Waals surface area contributed by atoms with Crippen LogP contribution in [0, 0.1) is 0 Å². The van der Waals surface area contributed by atoms with E-state index in [0.29, 0.717) is 4.34 Å². The molecule has 0 aliphatic carbocycles. The number of aromatic nitrogens is 2. The fourth-order valence-electron chi connectivity index (χ4n) is 1.25. The van der Waals surface area contributed by atoms with Gasteiger partial charge in [-0.2, -0.15) is 0 Å². The molecular formula is C11H10N2S3.